The van der Waals surface area contributed by atoms with Gasteiger partial charge in [-0.3, -0.25) is 19.8 Å². The van der Waals surface area contributed by atoms with Crippen molar-refractivity contribution in [2.24, 2.45) is 0 Å². The van der Waals surface area contributed by atoms with E-state index in [0.29, 0.717) is 11.3 Å². The minimum Gasteiger partial charge on any atom is -0.503 e. The minimum absolute atomic E-state index is 0.00391. The fourth-order valence-corrected chi connectivity index (χ4v) is 2.98. The molecule has 1 saturated heterocycles. The number of rotatable bonds is 3. The number of phenolic OH excluding ortho intramolecular Hbond substituents is 1. The SMILES string of the molecule is COc1cc(/C=C2\C(=O)NC(=S)N(c3ccc(F)cc3)C2=O)cc(Cl)c1O. The Balaban J connectivity index is 2.04. The molecule has 1 heterocycles. The highest BCUT2D eigenvalue weighted by molar-refractivity contribution is 7.80. The van der Waals surface area contributed by atoms with E-state index in [1.54, 1.807) is 0 Å². The highest BCUT2D eigenvalue weighted by Gasteiger charge is 2.34. The summed E-state index contributed by atoms with van der Waals surface area (Å²) in [6.45, 7) is 0. The van der Waals surface area contributed by atoms with E-state index in [-0.39, 0.29) is 27.2 Å². The summed E-state index contributed by atoms with van der Waals surface area (Å²) < 4.78 is 18.2. The topological polar surface area (TPSA) is 78.9 Å². The fourth-order valence-electron chi connectivity index (χ4n) is 2.48. The van der Waals surface area contributed by atoms with Crippen LogP contribution in [0.1, 0.15) is 5.56 Å². The minimum atomic E-state index is -0.688. The number of ether oxygens (including phenoxy) is 1. The smallest absolute Gasteiger partial charge is 0.270 e. The van der Waals surface area contributed by atoms with Crippen LogP contribution in [0.4, 0.5) is 10.1 Å². The Kier molecular flexibility index (Phi) is 5.11. The van der Waals surface area contributed by atoms with Crippen molar-refractivity contribution >= 4 is 52.5 Å². The van der Waals surface area contributed by atoms with Gasteiger partial charge in [-0.05, 0) is 60.3 Å². The van der Waals surface area contributed by atoms with Crippen LogP contribution >= 0.6 is 23.8 Å². The molecule has 0 aliphatic carbocycles. The normalized spacial score (nSPS) is 15.9. The van der Waals surface area contributed by atoms with Crippen LogP contribution in [0.25, 0.3) is 6.08 Å². The van der Waals surface area contributed by atoms with Crippen LogP contribution in [0.15, 0.2) is 42.0 Å². The van der Waals surface area contributed by atoms with Gasteiger partial charge in [0.2, 0.25) is 0 Å². The molecule has 1 aliphatic heterocycles. The molecule has 2 amide bonds. The average molecular weight is 407 g/mol. The largest absolute Gasteiger partial charge is 0.503 e. The van der Waals surface area contributed by atoms with Crippen molar-refractivity contribution < 1.29 is 23.8 Å². The van der Waals surface area contributed by atoms with Crippen molar-refractivity contribution in [2.75, 3.05) is 12.0 Å². The molecule has 0 saturated carbocycles. The van der Waals surface area contributed by atoms with E-state index in [4.69, 9.17) is 28.6 Å². The van der Waals surface area contributed by atoms with Crippen LogP contribution in [-0.4, -0.2) is 29.1 Å². The van der Waals surface area contributed by atoms with Gasteiger partial charge in [-0.25, -0.2) is 4.39 Å². The average Bonchev–Trinajstić information content (AvgIpc) is 2.62. The van der Waals surface area contributed by atoms with Crippen molar-refractivity contribution in [2.45, 2.75) is 0 Å². The first-order valence-electron chi connectivity index (χ1n) is 7.55. The zero-order chi connectivity index (χ0) is 19.7. The number of phenols is 1. The van der Waals surface area contributed by atoms with Gasteiger partial charge in [-0.1, -0.05) is 11.6 Å². The predicted molar refractivity (Wildman–Crippen MR) is 102 cm³/mol. The number of aromatic hydroxyl groups is 1. The second kappa shape index (κ2) is 7.34. The fraction of sp³-hybridized carbons (Fsp3) is 0.0556. The summed E-state index contributed by atoms with van der Waals surface area (Å²) >= 11 is 11.0. The van der Waals surface area contributed by atoms with Gasteiger partial charge in [0.1, 0.15) is 11.4 Å². The summed E-state index contributed by atoms with van der Waals surface area (Å²) in [6.07, 6.45) is 1.30. The molecule has 138 valence electrons. The number of nitrogens with zero attached hydrogens (tertiary/aromatic N) is 1. The third-order valence-corrected chi connectivity index (χ3v) is 4.34. The molecule has 0 unspecified atom stereocenters. The molecule has 2 aromatic rings. The number of hydrogen-bond donors (Lipinski definition) is 2. The van der Waals surface area contributed by atoms with Crippen LogP contribution in [0, 0.1) is 5.82 Å². The zero-order valence-corrected chi connectivity index (χ0v) is 15.4. The Hall–Kier alpha value is -2.97. The van der Waals surface area contributed by atoms with Gasteiger partial charge in [0.25, 0.3) is 11.8 Å². The zero-order valence-electron chi connectivity index (χ0n) is 13.8. The van der Waals surface area contributed by atoms with Crippen LogP contribution in [0.3, 0.4) is 0 Å². The van der Waals surface area contributed by atoms with Gasteiger partial charge in [0, 0.05) is 0 Å². The molecule has 2 N–H and O–H groups in total. The van der Waals surface area contributed by atoms with E-state index in [0.717, 1.165) is 4.90 Å². The van der Waals surface area contributed by atoms with Crippen molar-refractivity contribution in [3.05, 3.63) is 58.4 Å². The summed E-state index contributed by atoms with van der Waals surface area (Å²) in [6, 6.07) is 7.89. The lowest BCUT2D eigenvalue weighted by Crippen LogP contribution is -2.54. The van der Waals surface area contributed by atoms with Gasteiger partial charge in [0.15, 0.2) is 16.6 Å². The third-order valence-electron chi connectivity index (χ3n) is 3.77. The van der Waals surface area contributed by atoms with Gasteiger partial charge in [-0.2, -0.15) is 0 Å². The standard InChI is InChI=1S/C18H12ClFN2O4S/c1-26-14-8-9(7-13(19)15(14)23)6-12-16(24)21-18(27)22(17(12)25)11-4-2-10(20)3-5-11/h2-8,23H,1H3,(H,21,24,27)/b12-6+. The van der Waals surface area contributed by atoms with Gasteiger partial charge < -0.3 is 9.84 Å². The van der Waals surface area contributed by atoms with E-state index in [2.05, 4.69) is 5.32 Å². The molecule has 9 heteroatoms. The van der Waals surface area contributed by atoms with Crippen LogP contribution in [-0.2, 0) is 9.59 Å². The maximum atomic E-state index is 13.2. The molecule has 0 spiro atoms. The molecule has 2 aromatic carbocycles. The number of nitrogens with one attached hydrogen (secondary N) is 1. The van der Waals surface area contributed by atoms with Crippen molar-refractivity contribution in [3.63, 3.8) is 0 Å². The van der Waals surface area contributed by atoms with E-state index in [1.807, 2.05) is 0 Å². The van der Waals surface area contributed by atoms with Crippen molar-refractivity contribution in [3.8, 4) is 11.5 Å². The number of halogens is 2. The highest BCUT2D eigenvalue weighted by Crippen LogP contribution is 2.35. The Bertz CT molecular complexity index is 992. The van der Waals surface area contributed by atoms with E-state index in [1.165, 1.54) is 49.6 Å². The molecule has 27 heavy (non-hydrogen) atoms. The molecule has 0 aromatic heterocycles. The van der Waals surface area contributed by atoms with E-state index >= 15 is 0 Å². The first kappa shape index (κ1) is 18.8. The second-order valence-corrected chi connectivity index (χ2v) is 6.28. The second-order valence-electron chi connectivity index (χ2n) is 5.49. The number of hydrogen-bond acceptors (Lipinski definition) is 5. The Morgan fingerprint density at radius 1 is 1.26 bits per heavy atom. The summed E-state index contributed by atoms with van der Waals surface area (Å²) in [5, 5.41) is 12.1. The lowest BCUT2D eigenvalue weighted by atomic mass is 10.1. The monoisotopic (exact) mass is 406 g/mol. The number of benzene rings is 2. The molecule has 1 aliphatic rings. The number of carbonyl (C=O) groups excluding carboxylic acids is 2. The van der Waals surface area contributed by atoms with Gasteiger partial charge in [-0.15, -0.1) is 0 Å². The molecular weight excluding hydrogens is 395 g/mol. The first-order valence-corrected chi connectivity index (χ1v) is 8.34. The summed E-state index contributed by atoms with van der Waals surface area (Å²) in [7, 11) is 1.34. The number of amides is 2. The lowest BCUT2D eigenvalue weighted by Gasteiger charge is -2.28. The molecular formula is C18H12ClFN2O4S. The maximum absolute atomic E-state index is 13.2. The molecule has 1 fully saturated rings. The van der Waals surface area contributed by atoms with E-state index < -0.39 is 17.6 Å². The Labute approximate surface area is 163 Å². The molecule has 0 bridgehead atoms. The Morgan fingerprint density at radius 2 is 1.93 bits per heavy atom. The van der Waals surface area contributed by atoms with Crippen LogP contribution < -0.4 is 15.0 Å². The van der Waals surface area contributed by atoms with Crippen LogP contribution in [0.5, 0.6) is 11.5 Å². The lowest BCUT2D eigenvalue weighted by molar-refractivity contribution is -0.122. The molecule has 6 nitrogen and oxygen atoms in total. The molecule has 3 rings (SSSR count). The third kappa shape index (κ3) is 3.62. The Morgan fingerprint density at radius 3 is 2.56 bits per heavy atom. The number of anilines is 1. The van der Waals surface area contributed by atoms with Gasteiger partial charge >= 0.3 is 0 Å². The first-order chi connectivity index (χ1) is 12.8. The van der Waals surface area contributed by atoms with E-state index in [9.17, 15) is 19.1 Å². The number of thiocarbonyl (C=S) groups is 1. The number of methoxy groups -OCH3 is 1. The molecule has 0 radical (unpaired) electrons. The van der Waals surface area contributed by atoms with Gasteiger partial charge in [0.05, 0.1) is 17.8 Å². The maximum Gasteiger partial charge on any atom is 0.270 e. The quantitative estimate of drug-likeness (QED) is 0.465. The van der Waals surface area contributed by atoms with Crippen LogP contribution in [0.2, 0.25) is 5.02 Å². The van der Waals surface area contributed by atoms with Crippen molar-refractivity contribution in [1.82, 2.24) is 5.32 Å². The predicted octanol–water partition coefficient (Wildman–Crippen LogP) is 3.02. The summed E-state index contributed by atoms with van der Waals surface area (Å²) in [4.78, 5) is 26.2. The van der Waals surface area contributed by atoms with Crippen molar-refractivity contribution in [1.29, 1.82) is 0 Å². The highest BCUT2D eigenvalue weighted by atomic mass is 35.5. The molecule has 0 atom stereocenters. The summed E-state index contributed by atoms with van der Waals surface area (Å²) in [5.41, 5.74) is 0.454. The summed E-state index contributed by atoms with van der Waals surface area (Å²) in [5.74, 6) is -2.01. The number of carbonyl (C=O) groups is 2.